The predicted molar refractivity (Wildman–Crippen MR) is 95.0 cm³/mol. The first-order valence-electron chi connectivity index (χ1n) is 7.64. The Labute approximate surface area is 153 Å². The van der Waals surface area contributed by atoms with E-state index in [0.29, 0.717) is 28.8 Å². The molecule has 0 aliphatic carbocycles. The molecule has 0 aliphatic heterocycles. The molecule has 0 radical (unpaired) electrons. The molecule has 7 heteroatoms. The van der Waals surface area contributed by atoms with Crippen LogP contribution in [0.4, 0.5) is 0 Å². The first-order valence-corrected chi connectivity index (χ1v) is 8.44. The van der Waals surface area contributed by atoms with Crippen molar-refractivity contribution < 1.29 is 23.9 Å². The summed E-state index contributed by atoms with van der Waals surface area (Å²) in [5.41, 5.74) is 1.96. The van der Waals surface area contributed by atoms with Gasteiger partial charge in [-0.2, -0.15) is 0 Å². The number of nitrogens with one attached hydrogen (secondary N) is 1. The average molecular weight is 408 g/mol. The number of hydrogen-bond acceptors (Lipinski definition) is 5. The molecule has 0 saturated carbocycles. The van der Waals surface area contributed by atoms with Gasteiger partial charge in [0.05, 0.1) is 12.7 Å². The third kappa shape index (κ3) is 4.17. The SMILES string of the molecule is CCc1[nH]c(C(=O)OCC(=O)c2cccc(Br)c2)c(C)c1C(=O)OC. The van der Waals surface area contributed by atoms with E-state index >= 15 is 0 Å². The number of methoxy groups -OCH3 is 1. The maximum absolute atomic E-state index is 12.3. The molecule has 0 atom stereocenters. The minimum Gasteiger partial charge on any atom is -0.465 e. The van der Waals surface area contributed by atoms with Crippen LogP contribution in [0.1, 0.15) is 49.4 Å². The molecule has 1 N–H and O–H groups in total. The van der Waals surface area contributed by atoms with E-state index in [2.05, 4.69) is 20.9 Å². The molecule has 0 saturated heterocycles. The van der Waals surface area contributed by atoms with Crippen molar-refractivity contribution in [2.45, 2.75) is 20.3 Å². The van der Waals surface area contributed by atoms with Crippen molar-refractivity contribution in [2.75, 3.05) is 13.7 Å². The van der Waals surface area contributed by atoms with Gasteiger partial charge in [-0.15, -0.1) is 0 Å². The van der Waals surface area contributed by atoms with Crippen molar-refractivity contribution in [3.8, 4) is 0 Å². The van der Waals surface area contributed by atoms with Crippen LogP contribution in [0, 0.1) is 6.92 Å². The summed E-state index contributed by atoms with van der Waals surface area (Å²) in [6.45, 7) is 3.10. The van der Waals surface area contributed by atoms with Gasteiger partial charge in [0.1, 0.15) is 5.69 Å². The van der Waals surface area contributed by atoms with Crippen LogP contribution >= 0.6 is 15.9 Å². The van der Waals surface area contributed by atoms with Crippen LogP contribution in [0.15, 0.2) is 28.7 Å². The lowest BCUT2D eigenvalue weighted by molar-refractivity contribution is 0.0468. The van der Waals surface area contributed by atoms with Crippen LogP contribution in [0.3, 0.4) is 0 Å². The molecular weight excluding hydrogens is 390 g/mol. The number of benzene rings is 1. The van der Waals surface area contributed by atoms with Gasteiger partial charge in [-0.25, -0.2) is 9.59 Å². The molecule has 0 fully saturated rings. The van der Waals surface area contributed by atoms with Gasteiger partial charge in [0, 0.05) is 15.7 Å². The Kier molecular flexibility index (Phi) is 6.14. The molecule has 0 bridgehead atoms. The highest BCUT2D eigenvalue weighted by atomic mass is 79.9. The lowest BCUT2D eigenvalue weighted by Gasteiger charge is -2.05. The molecule has 132 valence electrons. The lowest BCUT2D eigenvalue weighted by atomic mass is 10.1. The quantitative estimate of drug-likeness (QED) is 0.585. The zero-order chi connectivity index (χ0) is 18.6. The second-order valence-corrected chi connectivity index (χ2v) is 6.25. The maximum Gasteiger partial charge on any atom is 0.355 e. The van der Waals surface area contributed by atoms with Crippen LogP contribution < -0.4 is 0 Å². The van der Waals surface area contributed by atoms with E-state index in [4.69, 9.17) is 9.47 Å². The number of ketones is 1. The maximum atomic E-state index is 12.3. The Balaban J connectivity index is 2.15. The summed E-state index contributed by atoms with van der Waals surface area (Å²) in [7, 11) is 1.28. The van der Waals surface area contributed by atoms with E-state index in [0.717, 1.165) is 4.47 Å². The third-order valence-corrected chi connectivity index (χ3v) is 4.25. The molecule has 6 nitrogen and oxygen atoms in total. The van der Waals surface area contributed by atoms with E-state index in [-0.39, 0.29) is 18.1 Å². The summed E-state index contributed by atoms with van der Waals surface area (Å²) >= 11 is 3.29. The first kappa shape index (κ1) is 18.9. The molecule has 2 rings (SSSR count). The molecule has 0 aliphatic rings. The van der Waals surface area contributed by atoms with E-state index in [1.54, 1.807) is 31.2 Å². The first-order chi connectivity index (χ1) is 11.9. The van der Waals surface area contributed by atoms with Gasteiger partial charge in [-0.3, -0.25) is 4.79 Å². The number of aromatic nitrogens is 1. The fraction of sp³-hybridized carbons (Fsp3) is 0.278. The van der Waals surface area contributed by atoms with E-state index in [1.165, 1.54) is 7.11 Å². The average Bonchev–Trinajstić information content (AvgIpc) is 2.95. The monoisotopic (exact) mass is 407 g/mol. The van der Waals surface area contributed by atoms with Crippen molar-refractivity contribution in [2.24, 2.45) is 0 Å². The number of rotatable bonds is 6. The number of H-pyrrole nitrogens is 1. The minimum absolute atomic E-state index is 0.152. The van der Waals surface area contributed by atoms with Gasteiger partial charge < -0.3 is 14.5 Å². The van der Waals surface area contributed by atoms with Crippen molar-refractivity contribution in [3.05, 3.63) is 56.8 Å². The molecule has 0 spiro atoms. The van der Waals surface area contributed by atoms with Gasteiger partial charge in [0.15, 0.2) is 12.4 Å². The van der Waals surface area contributed by atoms with Crippen molar-refractivity contribution >= 4 is 33.7 Å². The van der Waals surface area contributed by atoms with Crippen LogP contribution in [0.25, 0.3) is 0 Å². The number of halogens is 1. The zero-order valence-corrected chi connectivity index (χ0v) is 15.7. The molecule has 1 aromatic heterocycles. The molecular formula is C18H18BrNO5. The van der Waals surface area contributed by atoms with Crippen molar-refractivity contribution in [1.82, 2.24) is 4.98 Å². The van der Waals surface area contributed by atoms with Gasteiger partial charge in [-0.05, 0) is 31.0 Å². The number of ether oxygens (including phenoxy) is 2. The molecule has 1 heterocycles. The van der Waals surface area contributed by atoms with E-state index in [9.17, 15) is 14.4 Å². The van der Waals surface area contributed by atoms with Gasteiger partial charge in [-0.1, -0.05) is 35.0 Å². The number of carbonyl (C=O) groups is 3. The highest BCUT2D eigenvalue weighted by molar-refractivity contribution is 9.10. The largest absolute Gasteiger partial charge is 0.465 e. The summed E-state index contributed by atoms with van der Waals surface area (Å²) in [5.74, 6) is -1.52. The van der Waals surface area contributed by atoms with Gasteiger partial charge in [0.25, 0.3) is 0 Å². The van der Waals surface area contributed by atoms with E-state index < -0.39 is 11.9 Å². The van der Waals surface area contributed by atoms with Crippen LogP contribution in [-0.2, 0) is 15.9 Å². The third-order valence-electron chi connectivity index (χ3n) is 3.76. The number of esters is 2. The van der Waals surface area contributed by atoms with Crippen LogP contribution in [-0.4, -0.2) is 36.4 Å². The number of carbonyl (C=O) groups excluding carboxylic acids is 3. The zero-order valence-electron chi connectivity index (χ0n) is 14.1. The lowest BCUT2D eigenvalue weighted by Crippen LogP contribution is -2.15. The number of hydrogen-bond donors (Lipinski definition) is 1. The summed E-state index contributed by atoms with van der Waals surface area (Å²) in [4.78, 5) is 39.2. The topological polar surface area (TPSA) is 85.5 Å². The fourth-order valence-corrected chi connectivity index (χ4v) is 2.85. The second kappa shape index (κ2) is 8.11. The second-order valence-electron chi connectivity index (χ2n) is 5.33. The fourth-order valence-electron chi connectivity index (χ4n) is 2.45. The number of aryl methyl sites for hydroxylation is 1. The number of Topliss-reactive ketones (excluding diaryl/α,β-unsaturated/α-hetero) is 1. The Bertz CT molecular complexity index is 825. The Morgan fingerprint density at radius 2 is 1.92 bits per heavy atom. The molecule has 0 unspecified atom stereocenters. The van der Waals surface area contributed by atoms with Gasteiger partial charge >= 0.3 is 11.9 Å². The molecule has 25 heavy (non-hydrogen) atoms. The highest BCUT2D eigenvalue weighted by Gasteiger charge is 2.25. The summed E-state index contributed by atoms with van der Waals surface area (Å²) in [6.07, 6.45) is 0.523. The Morgan fingerprint density at radius 1 is 1.20 bits per heavy atom. The molecule has 1 aromatic carbocycles. The van der Waals surface area contributed by atoms with Crippen molar-refractivity contribution in [1.29, 1.82) is 0 Å². The number of aromatic amines is 1. The van der Waals surface area contributed by atoms with E-state index in [1.807, 2.05) is 6.92 Å². The molecule has 0 amide bonds. The Hall–Kier alpha value is -2.41. The predicted octanol–water partition coefficient (Wildman–Crippen LogP) is 3.47. The molecule has 2 aromatic rings. The van der Waals surface area contributed by atoms with Crippen molar-refractivity contribution in [3.63, 3.8) is 0 Å². The van der Waals surface area contributed by atoms with Crippen LogP contribution in [0.2, 0.25) is 0 Å². The standard InChI is InChI=1S/C18H18BrNO5/c1-4-13-15(17(22)24-3)10(2)16(20-13)18(23)25-9-14(21)11-6-5-7-12(19)8-11/h5-8,20H,4,9H2,1-3H3. The smallest absolute Gasteiger partial charge is 0.355 e. The summed E-state index contributed by atoms with van der Waals surface area (Å²) in [5, 5.41) is 0. The summed E-state index contributed by atoms with van der Waals surface area (Å²) in [6, 6.07) is 6.82. The normalized spacial score (nSPS) is 10.4. The minimum atomic E-state index is -0.689. The van der Waals surface area contributed by atoms with Gasteiger partial charge in [0.2, 0.25) is 0 Å². The highest BCUT2D eigenvalue weighted by Crippen LogP contribution is 2.21. The summed E-state index contributed by atoms with van der Waals surface area (Å²) < 4.78 is 10.6. The van der Waals surface area contributed by atoms with Crippen LogP contribution in [0.5, 0.6) is 0 Å². The Morgan fingerprint density at radius 3 is 2.52 bits per heavy atom.